The topological polar surface area (TPSA) is 47.8 Å². The van der Waals surface area contributed by atoms with Crippen LogP contribution in [0.4, 0.5) is 0 Å². The molecule has 0 bridgehead atoms. The molecule has 0 atom stereocenters. The minimum Gasteiger partial charge on any atom is -0.273 e. The third-order valence-electron chi connectivity index (χ3n) is 1.42. The fraction of sp³-hybridized carbons (Fsp3) is 0.500. The van der Waals surface area contributed by atoms with Gasteiger partial charge in [-0.05, 0) is 13.8 Å². The molecule has 1 aromatic rings. The highest BCUT2D eigenvalue weighted by Crippen LogP contribution is 1.99. The van der Waals surface area contributed by atoms with Gasteiger partial charge in [-0.1, -0.05) is 5.21 Å². The Morgan fingerprint density at radius 2 is 2.10 bits per heavy atom. The molecule has 4 nitrogen and oxygen atoms in total. The van der Waals surface area contributed by atoms with Crippen LogP contribution in [0.1, 0.15) is 23.1 Å². The van der Waals surface area contributed by atoms with Crippen molar-refractivity contribution in [1.29, 1.82) is 0 Å². The molecule has 10 heavy (non-hydrogen) atoms. The van der Waals surface area contributed by atoms with Crippen molar-refractivity contribution in [3.05, 3.63) is 11.4 Å². The van der Waals surface area contributed by atoms with Crippen LogP contribution in [0.2, 0.25) is 0 Å². The number of carbonyl (C=O) groups is 1. The fourth-order valence-corrected chi connectivity index (χ4v) is 0.704. The SMILES string of the molecule is CC(=O)n1nnc(C)c1C. The van der Waals surface area contributed by atoms with E-state index in [1.165, 1.54) is 11.6 Å². The van der Waals surface area contributed by atoms with Gasteiger partial charge in [0.25, 0.3) is 0 Å². The number of aryl methyl sites for hydroxylation is 1. The maximum absolute atomic E-state index is 10.7. The molecule has 0 aliphatic carbocycles. The van der Waals surface area contributed by atoms with Gasteiger partial charge in [0.05, 0.1) is 11.4 Å². The van der Waals surface area contributed by atoms with E-state index in [0.29, 0.717) is 0 Å². The normalized spacial score (nSPS) is 9.90. The summed E-state index contributed by atoms with van der Waals surface area (Å²) >= 11 is 0. The van der Waals surface area contributed by atoms with Crippen molar-refractivity contribution in [2.24, 2.45) is 0 Å². The molecular formula is C6H9N3O. The molecule has 4 heteroatoms. The van der Waals surface area contributed by atoms with Gasteiger partial charge in [-0.2, -0.15) is 4.68 Å². The highest BCUT2D eigenvalue weighted by atomic mass is 16.2. The number of hydrogen-bond acceptors (Lipinski definition) is 3. The average molecular weight is 139 g/mol. The first-order chi connectivity index (χ1) is 4.63. The number of carbonyl (C=O) groups excluding carboxylic acids is 1. The van der Waals surface area contributed by atoms with E-state index >= 15 is 0 Å². The van der Waals surface area contributed by atoms with E-state index in [2.05, 4.69) is 10.3 Å². The van der Waals surface area contributed by atoms with Gasteiger partial charge < -0.3 is 0 Å². The second-order valence-corrected chi connectivity index (χ2v) is 2.19. The van der Waals surface area contributed by atoms with Crippen molar-refractivity contribution >= 4 is 5.91 Å². The Morgan fingerprint density at radius 3 is 2.30 bits per heavy atom. The molecule has 0 N–H and O–H groups in total. The Morgan fingerprint density at radius 1 is 1.50 bits per heavy atom. The van der Waals surface area contributed by atoms with Crippen molar-refractivity contribution in [3.8, 4) is 0 Å². The third-order valence-corrected chi connectivity index (χ3v) is 1.42. The molecule has 0 unspecified atom stereocenters. The highest BCUT2D eigenvalue weighted by Gasteiger charge is 2.05. The van der Waals surface area contributed by atoms with Crippen LogP contribution >= 0.6 is 0 Å². The van der Waals surface area contributed by atoms with Gasteiger partial charge in [0.1, 0.15) is 0 Å². The molecule has 0 radical (unpaired) electrons. The number of nitrogens with zero attached hydrogens (tertiary/aromatic N) is 3. The molecular weight excluding hydrogens is 130 g/mol. The Balaban J connectivity index is 3.17. The minimum absolute atomic E-state index is 0.0990. The lowest BCUT2D eigenvalue weighted by atomic mass is 10.4. The Hall–Kier alpha value is -1.19. The Labute approximate surface area is 58.8 Å². The smallest absolute Gasteiger partial charge is 0.245 e. The highest BCUT2D eigenvalue weighted by molar-refractivity contribution is 5.75. The first kappa shape index (κ1) is 6.92. The summed E-state index contributed by atoms with van der Waals surface area (Å²) in [6.07, 6.45) is 0. The molecule has 0 aromatic carbocycles. The second kappa shape index (κ2) is 2.21. The molecule has 54 valence electrons. The van der Waals surface area contributed by atoms with E-state index in [0.717, 1.165) is 11.4 Å². The fourth-order valence-electron chi connectivity index (χ4n) is 0.704. The largest absolute Gasteiger partial charge is 0.273 e. The minimum atomic E-state index is -0.0990. The molecule has 0 amide bonds. The van der Waals surface area contributed by atoms with Gasteiger partial charge in [-0.25, -0.2) is 0 Å². The first-order valence-corrected chi connectivity index (χ1v) is 3.02. The number of aromatic nitrogens is 3. The number of hydrogen-bond donors (Lipinski definition) is 0. The Kier molecular flexibility index (Phi) is 1.53. The van der Waals surface area contributed by atoms with Crippen LogP contribution in [0.15, 0.2) is 0 Å². The lowest BCUT2D eigenvalue weighted by molar-refractivity contribution is 0.0916. The van der Waals surface area contributed by atoms with E-state index in [1.807, 2.05) is 13.8 Å². The van der Waals surface area contributed by atoms with Crippen LogP contribution in [0.5, 0.6) is 0 Å². The predicted molar refractivity (Wildman–Crippen MR) is 35.8 cm³/mol. The van der Waals surface area contributed by atoms with Gasteiger partial charge in [0.15, 0.2) is 0 Å². The monoisotopic (exact) mass is 139 g/mol. The zero-order chi connectivity index (χ0) is 7.72. The summed E-state index contributed by atoms with van der Waals surface area (Å²) in [4.78, 5) is 10.7. The summed E-state index contributed by atoms with van der Waals surface area (Å²) < 4.78 is 1.29. The third kappa shape index (κ3) is 0.920. The summed E-state index contributed by atoms with van der Waals surface area (Å²) in [5, 5.41) is 7.36. The molecule has 0 aliphatic heterocycles. The Bertz CT molecular complexity index is 264. The van der Waals surface area contributed by atoms with Crippen LogP contribution in [0.3, 0.4) is 0 Å². The van der Waals surface area contributed by atoms with E-state index in [1.54, 1.807) is 0 Å². The van der Waals surface area contributed by atoms with E-state index < -0.39 is 0 Å². The molecule has 0 aliphatic rings. The first-order valence-electron chi connectivity index (χ1n) is 3.02. The van der Waals surface area contributed by atoms with Crippen molar-refractivity contribution < 1.29 is 4.79 Å². The van der Waals surface area contributed by atoms with E-state index in [-0.39, 0.29) is 5.91 Å². The average Bonchev–Trinajstić information content (AvgIpc) is 2.14. The molecule has 1 rings (SSSR count). The van der Waals surface area contributed by atoms with Gasteiger partial charge in [-0.15, -0.1) is 5.10 Å². The van der Waals surface area contributed by atoms with Gasteiger partial charge in [-0.3, -0.25) is 4.79 Å². The van der Waals surface area contributed by atoms with Crippen LogP contribution in [0, 0.1) is 13.8 Å². The number of rotatable bonds is 0. The van der Waals surface area contributed by atoms with Gasteiger partial charge in [0, 0.05) is 6.92 Å². The van der Waals surface area contributed by atoms with Crippen LogP contribution in [-0.4, -0.2) is 20.9 Å². The van der Waals surface area contributed by atoms with Crippen molar-refractivity contribution in [3.63, 3.8) is 0 Å². The van der Waals surface area contributed by atoms with Gasteiger partial charge >= 0.3 is 0 Å². The summed E-state index contributed by atoms with van der Waals surface area (Å²) in [5.74, 6) is -0.0990. The summed E-state index contributed by atoms with van der Waals surface area (Å²) in [6.45, 7) is 5.10. The van der Waals surface area contributed by atoms with Crippen LogP contribution in [0.25, 0.3) is 0 Å². The standard InChI is InChI=1S/C6H9N3O/c1-4-5(2)9(6(3)10)8-7-4/h1-3H3. The molecule has 0 saturated heterocycles. The van der Waals surface area contributed by atoms with Crippen LogP contribution < -0.4 is 0 Å². The van der Waals surface area contributed by atoms with E-state index in [4.69, 9.17) is 0 Å². The quantitative estimate of drug-likeness (QED) is 0.527. The van der Waals surface area contributed by atoms with Crippen LogP contribution in [-0.2, 0) is 0 Å². The van der Waals surface area contributed by atoms with Crippen molar-refractivity contribution in [1.82, 2.24) is 15.0 Å². The zero-order valence-corrected chi connectivity index (χ0v) is 6.25. The van der Waals surface area contributed by atoms with Gasteiger partial charge in [0.2, 0.25) is 5.91 Å². The molecule has 0 fully saturated rings. The second-order valence-electron chi connectivity index (χ2n) is 2.19. The lowest BCUT2D eigenvalue weighted by Crippen LogP contribution is -2.09. The van der Waals surface area contributed by atoms with Crippen molar-refractivity contribution in [2.45, 2.75) is 20.8 Å². The van der Waals surface area contributed by atoms with Crippen molar-refractivity contribution in [2.75, 3.05) is 0 Å². The predicted octanol–water partition coefficient (Wildman–Crippen LogP) is 0.555. The zero-order valence-electron chi connectivity index (χ0n) is 6.25. The molecule has 0 spiro atoms. The summed E-state index contributed by atoms with van der Waals surface area (Å²) in [5.41, 5.74) is 1.61. The molecule has 0 saturated carbocycles. The maximum atomic E-state index is 10.7. The summed E-state index contributed by atoms with van der Waals surface area (Å²) in [6, 6.07) is 0. The molecule has 1 aromatic heterocycles. The van der Waals surface area contributed by atoms with E-state index in [9.17, 15) is 4.79 Å². The summed E-state index contributed by atoms with van der Waals surface area (Å²) in [7, 11) is 0. The maximum Gasteiger partial charge on any atom is 0.245 e. The molecule has 1 heterocycles. The lowest BCUT2D eigenvalue weighted by Gasteiger charge is -1.93.